The van der Waals surface area contributed by atoms with Crippen molar-refractivity contribution in [2.75, 3.05) is 11.5 Å². The van der Waals surface area contributed by atoms with Crippen LogP contribution in [-0.2, 0) is 4.79 Å². The third-order valence-corrected chi connectivity index (χ3v) is 4.27. The summed E-state index contributed by atoms with van der Waals surface area (Å²) in [4.78, 5) is 12.7. The summed E-state index contributed by atoms with van der Waals surface area (Å²) in [6.45, 7) is 6.09. The van der Waals surface area contributed by atoms with Gasteiger partial charge in [-0.15, -0.1) is 11.8 Å². The van der Waals surface area contributed by atoms with Gasteiger partial charge in [-0.2, -0.15) is 0 Å². The van der Waals surface area contributed by atoms with Crippen LogP contribution in [0.4, 0.5) is 5.69 Å². The van der Waals surface area contributed by atoms with Gasteiger partial charge < -0.3 is 11.1 Å². The van der Waals surface area contributed by atoms with Gasteiger partial charge in [-0.25, -0.2) is 0 Å². The van der Waals surface area contributed by atoms with Gasteiger partial charge >= 0.3 is 0 Å². The van der Waals surface area contributed by atoms with Gasteiger partial charge in [-0.05, 0) is 38.5 Å². The van der Waals surface area contributed by atoms with Crippen LogP contribution in [0, 0.1) is 0 Å². The molecule has 0 atom stereocenters. The first-order valence-corrected chi connectivity index (χ1v) is 7.61. The minimum absolute atomic E-state index is 0.0363. The second-order valence-electron chi connectivity index (χ2n) is 4.76. The maximum atomic E-state index is 11.8. The molecule has 0 saturated carbocycles. The van der Waals surface area contributed by atoms with Crippen molar-refractivity contribution in [1.29, 1.82) is 0 Å². The van der Waals surface area contributed by atoms with Crippen LogP contribution in [-0.4, -0.2) is 17.2 Å². The number of halogens is 1. The molecule has 5 heteroatoms. The zero-order valence-electron chi connectivity index (χ0n) is 10.9. The summed E-state index contributed by atoms with van der Waals surface area (Å²) in [5.74, 6) is 0.420. The molecule has 0 heterocycles. The van der Waals surface area contributed by atoms with Crippen molar-refractivity contribution in [3.8, 4) is 0 Å². The number of benzene rings is 1. The van der Waals surface area contributed by atoms with Gasteiger partial charge in [0.2, 0.25) is 5.91 Å². The molecule has 0 unspecified atom stereocenters. The van der Waals surface area contributed by atoms with E-state index in [1.165, 1.54) is 11.8 Å². The highest BCUT2D eigenvalue weighted by Crippen LogP contribution is 2.27. The van der Waals surface area contributed by atoms with Crippen molar-refractivity contribution < 1.29 is 4.79 Å². The summed E-state index contributed by atoms with van der Waals surface area (Å²) >= 11 is 4.81. The highest BCUT2D eigenvalue weighted by atomic mass is 79.9. The zero-order chi connectivity index (χ0) is 13.8. The number of hydrogen-bond acceptors (Lipinski definition) is 3. The molecular formula is C13H19BrN2OS. The molecule has 1 aromatic rings. The van der Waals surface area contributed by atoms with E-state index in [1.54, 1.807) is 0 Å². The molecule has 0 saturated heterocycles. The average Bonchev–Trinajstić information content (AvgIpc) is 2.27. The highest BCUT2D eigenvalue weighted by molar-refractivity contribution is 9.10. The van der Waals surface area contributed by atoms with Gasteiger partial charge in [0.15, 0.2) is 0 Å². The minimum atomic E-state index is -0.150. The van der Waals surface area contributed by atoms with E-state index in [9.17, 15) is 4.79 Å². The molecule has 1 rings (SSSR count). The Hall–Kier alpha value is -0.680. The van der Waals surface area contributed by atoms with Gasteiger partial charge in [0.05, 0.1) is 5.75 Å². The number of thioether (sulfide) groups is 1. The van der Waals surface area contributed by atoms with Crippen molar-refractivity contribution in [3.63, 3.8) is 0 Å². The number of nitrogens with two attached hydrogens (primary N) is 1. The lowest BCUT2D eigenvalue weighted by Crippen LogP contribution is -2.43. The summed E-state index contributed by atoms with van der Waals surface area (Å²) in [7, 11) is 0. The topological polar surface area (TPSA) is 55.1 Å². The second-order valence-corrected chi connectivity index (χ2v) is 6.69. The Morgan fingerprint density at radius 1 is 1.50 bits per heavy atom. The van der Waals surface area contributed by atoms with E-state index >= 15 is 0 Å². The summed E-state index contributed by atoms with van der Waals surface area (Å²) in [5, 5.41) is 3.00. The average molecular weight is 331 g/mol. The van der Waals surface area contributed by atoms with E-state index in [1.807, 2.05) is 32.0 Å². The number of rotatable bonds is 5. The highest BCUT2D eigenvalue weighted by Gasteiger charge is 2.17. The first-order valence-electron chi connectivity index (χ1n) is 5.83. The van der Waals surface area contributed by atoms with Gasteiger partial charge in [-0.3, -0.25) is 4.79 Å². The second kappa shape index (κ2) is 6.48. The molecule has 3 nitrogen and oxygen atoms in total. The third kappa shape index (κ3) is 4.90. The first kappa shape index (κ1) is 15.4. The number of carbonyl (C=O) groups excluding carboxylic acids is 1. The normalized spacial score (nSPS) is 11.3. The van der Waals surface area contributed by atoms with Gasteiger partial charge in [0, 0.05) is 20.6 Å². The fourth-order valence-electron chi connectivity index (χ4n) is 1.30. The van der Waals surface area contributed by atoms with Crippen molar-refractivity contribution in [3.05, 3.63) is 22.7 Å². The molecule has 1 aromatic carbocycles. The lowest BCUT2D eigenvalue weighted by Gasteiger charge is -2.24. The standard InChI is InChI=1S/C13H19BrN2OS/c1-4-13(2,3)16-12(17)8-18-11-6-5-9(14)7-10(11)15/h5-7H,4,8,15H2,1-3H3,(H,16,17). The number of amides is 1. The maximum absolute atomic E-state index is 11.8. The van der Waals surface area contributed by atoms with E-state index in [-0.39, 0.29) is 11.4 Å². The quantitative estimate of drug-likeness (QED) is 0.642. The van der Waals surface area contributed by atoms with E-state index < -0.39 is 0 Å². The van der Waals surface area contributed by atoms with Crippen LogP contribution in [0.15, 0.2) is 27.6 Å². The third-order valence-electron chi connectivity index (χ3n) is 2.69. The minimum Gasteiger partial charge on any atom is -0.398 e. The van der Waals surface area contributed by atoms with Gasteiger partial charge in [0.1, 0.15) is 0 Å². The Balaban J connectivity index is 2.53. The van der Waals surface area contributed by atoms with Crippen molar-refractivity contribution in [2.45, 2.75) is 37.6 Å². The Bertz CT molecular complexity index is 435. The smallest absolute Gasteiger partial charge is 0.230 e. The molecule has 0 fully saturated rings. The first-order chi connectivity index (χ1) is 8.34. The van der Waals surface area contributed by atoms with Gasteiger partial charge in [0.25, 0.3) is 0 Å². The molecular weight excluding hydrogens is 312 g/mol. The van der Waals surface area contributed by atoms with Gasteiger partial charge in [-0.1, -0.05) is 22.9 Å². The van der Waals surface area contributed by atoms with Crippen molar-refractivity contribution >= 4 is 39.3 Å². The van der Waals surface area contributed by atoms with Crippen LogP contribution in [0.2, 0.25) is 0 Å². The monoisotopic (exact) mass is 330 g/mol. The molecule has 0 aliphatic rings. The predicted molar refractivity (Wildman–Crippen MR) is 81.8 cm³/mol. The molecule has 0 spiro atoms. The fourth-order valence-corrected chi connectivity index (χ4v) is 2.42. The van der Waals surface area contributed by atoms with Crippen LogP contribution in [0.3, 0.4) is 0 Å². The summed E-state index contributed by atoms with van der Waals surface area (Å²) in [5.41, 5.74) is 6.42. The van der Waals surface area contributed by atoms with Crippen LogP contribution in [0.25, 0.3) is 0 Å². The van der Waals surface area contributed by atoms with Crippen molar-refractivity contribution in [2.24, 2.45) is 0 Å². The number of hydrogen-bond donors (Lipinski definition) is 2. The van der Waals surface area contributed by atoms with E-state index in [0.29, 0.717) is 11.4 Å². The molecule has 0 aliphatic carbocycles. The van der Waals surface area contributed by atoms with E-state index in [0.717, 1.165) is 15.8 Å². The van der Waals surface area contributed by atoms with Crippen LogP contribution < -0.4 is 11.1 Å². The molecule has 0 radical (unpaired) electrons. The largest absolute Gasteiger partial charge is 0.398 e. The number of carbonyl (C=O) groups is 1. The van der Waals surface area contributed by atoms with Crippen LogP contribution in [0.5, 0.6) is 0 Å². The lowest BCUT2D eigenvalue weighted by atomic mass is 10.0. The molecule has 0 bridgehead atoms. The molecule has 1 amide bonds. The maximum Gasteiger partial charge on any atom is 0.230 e. The SMILES string of the molecule is CCC(C)(C)NC(=O)CSc1ccc(Br)cc1N. The number of nitrogens with one attached hydrogen (secondary N) is 1. The summed E-state index contributed by atoms with van der Waals surface area (Å²) in [6.07, 6.45) is 0.907. The van der Waals surface area contributed by atoms with Crippen LogP contribution >= 0.6 is 27.7 Å². The number of nitrogen functional groups attached to an aromatic ring is 1. The Kier molecular flexibility index (Phi) is 5.53. The molecule has 0 aromatic heterocycles. The summed E-state index contributed by atoms with van der Waals surface area (Å²) in [6, 6.07) is 5.69. The molecule has 0 aliphatic heterocycles. The number of anilines is 1. The molecule has 100 valence electrons. The van der Waals surface area contributed by atoms with E-state index in [2.05, 4.69) is 28.2 Å². The zero-order valence-corrected chi connectivity index (χ0v) is 13.3. The fraction of sp³-hybridized carbons (Fsp3) is 0.462. The van der Waals surface area contributed by atoms with Crippen LogP contribution in [0.1, 0.15) is 27.2 Å². The van der Waals surface area contributed by atoms with Crippen molar-refractivity contribution in [1.82, 2.24) is 5.32 Å². The Morgan fingerprint density at radius 3 is 2.72 bits per heavy atom. The lowest BCUT2D eigenvalue weighted by molar-refractivity contribution is -0.120. The van der Waals surface area contributed by atoms with E-state index in [4.69, 9.17) is 5.73 Å². The molecule has 3 N–H and O–H groups in total. The Labute approximate surface area is 121 Å². The summed E-state index contributed by atoms with van der Waals surface area (Å²) < 4.78 is 0.945. The molecule has 18 heavy (non-hydrogen) atoms. The predicted octanol–water partition coefficient (Wildman–Crippen LogP) is 3.43. The Morgan fingerprint density at radius 2 is 2.17 bits per heavy atom.